The molecule has 3 rings (SSSR count). The van der Waals surface area contributed by atoms with Crippen molar-refractivity contribution in [2.45, 2.75) is 25.8 Å². The molecule has 0 aliphatic carbocycles. The maximum atomic E-state index is 11.5. The topological polar surface area (TPSA) is 68.5 Å². The van der Waals surface area contributed by atoms with Gasteiger partial charge in [0.2, 0.25) is 0 Å². The van der Waals surface area contributed by atoms with E-state index in [1.165, 1.54) is 0 Å². The van der Waals surface area contributed by atoms with E-state index in [0.29, 0.717) is 17.4 Å². The van der Waals surface area contributed by atoms with Gasteiger partial charge in [0.25, 0.3) is 0 Å². The second-order valence-corrected chi connectivity index (χ2v) is 8.56. The van der Waals surface area contributed by atoms with Gasteiger partial charge in [-0.05, 0) is 44.4 Å². The summed E-state index contributed by atoms with van der Waals surface area (Å²) in [6, 6.07) is 7.94. The van der Waals surface area contributed by atoms with Crippen LogP contribution in [0.5, 0.6) is 5.75 Å². The molecule has 23 heavy (non-hydrogen) atoms. The van der Waals surface area contributed by atoms with Crippen LogP contribution in [0.25, 0.3) is 11.0 Å². The van der Waals surface area contributed by atoms with E-state index in [1.54, 1.807) is 7.11 Å². The largest absolute Gasteiger partial charge is 0.493 e. The smallest absolute Gasteiger partial charge is 0.176 e. The van der Waals surface area contributed by atoms with E-state index < -0.39 is 9.84 Å². The average Bonchev–Trinajstić information content (AvgIpc) is 2.97. The second-order valence-electron chi connectivity index (χ2n) is 6.25. The molecule has 6 heteroatoms. The predicted octanol–water partition coefficient (Wildman–Crippen LogP) is 2.92. The summed E-state index contributed by atoms with van der Waals surface area (Å²) in [7, 11) is -1.16. The number of hydrogen-bond acceptors (Lipinski definition) is 5. The lowest BCUT2D eigenvalue weighted by molar-refractivity contribution is 0.376. The molecule has 5 nitrogen and oxygen atoms in total. The molecule has 1 fully saturated rings. The van der Waals surface area contributed by atoms with Gasteiger partial charge in [-0.15, -0.1) is 0 Å². The highest BCUT2D eigenvalue weighted by Crippen LogP contribution is 2.31. The van der Waals surface area contributed by atoms with Crippen LogP contribution < -0.4 is 10.1 Å². The van der Waals surface area contributed by atoms with E-state index in [2.05, 4.69) is 12.2 Å². The zero-order valence-electron chi connectivity index (χ0n) is 13.5. The molecular formula is C17H23NO4S. The lowest BCUT2D eigenvalue weighted by atomic mass is 10.0. The first kappa shape index (κ1) is 16.3. The van der Waals surface area contributed by atoms with Gasteiger partial charge in [0.1, 0.15) is 15.6 Å². The molecule has 1 N–H and O–H groups in total. The summed E-state index contributed by atoms with van der Waals surface area (Å²) in [5, 5.41) is 4.49. The zero-order valence-corrected chi connectivity index (χ0v) is 14.4. The molecule has 0 bridgehead atoms. The molecule has 2 aromatic rings. The summed E-state index contributed by atoms with van der Waals surface area (Å²) in [6.07, 6.45) is 1.49. The number of para-hydroxylation sites is 1. The van der Waals surface area contributed by atoms with Crippen LogP contribution in [-0.4, -0.2) is 33.6 Å². The molecule has 126 valence electrons. The van der Waals surface area contributed by atoms with Crippen molar-refractivity contribution < 1.29 is 17.6 Å². The summed E-state index contributed by atoms with van der Waals surface area (Å²) in [5.41, 5.74) is 0.766. The van der Waals surface area contributed by atoms with Crippen LogP contribution >= 0.6 is 0 Å². The minimum atomic E-state index is -2.79. The first-order valence-corrected chi connectivity index (χ1v) is 9.81. The normalized spacial score (nSPS) is 19.7. The number of benzene rings is 1. The highest BCUT2D eigenvalue weighted by Gasteiger charge is 2.24. The van der Waals surface area contributed by atoms with Crippen LogP contribution in [0.1, 0.15) is 31.6 Å². The molecule has 0 saturated carbocycles. The number of furan rings is 1. The fourth-order valence-electron chi connectivity index (χ4n) is 3.02. The number of ether oxygens (including phenoxy) is 1. The Hall–Kier alpha value is -1.53. The van der Waals surface area contributed by atoms with Crippen molar-refractivity contribution in [2.75, 3.05) is 25.2 Å². The van der Waals surface area contributed by atoms with Crippen molar-refractivity contribution in [1.29, 1.82) is 0 Å². The van der Waals surface area contributed by atoms with Crippen molar-refractivity contribution in [3.05, 3.63) is 30.0 Å². The van der Waals surface area contributed by atoms with Gasteiger partial charge >= 0.3 is 0 Å². The van der Waals surface area contributed by atoms with Gasteiger partial charge in [0.15, 0.2) is 11.3 Å². The Balaban J connectivity index is 1.63. The lowest BCUT2D eigenvalue weighted by Crippen LogP contribution is -2.32. The monoisotopic (exact) mass is 337 g/mol. The number of fused-ring (bicyclic) bond motifs is 1. The van der Waals surface area contributed by atoms with E-state index in [-0.39, 0.29) is 6.04 Å². The third-order valence-corrected chi connectivity index (χ3v) is 6.28. The van der Waals surface area contributed by atoms with Crippen LogP contribution in [0.15, 0.2) is 28.7 Å². The van der Waals surface area contributed by atoms with E-state index in [1.807, 2.05) is 24.3 Å². The molecule has 1 aromatic heterocycles. The summed E-state index contributed by atoms with van der Waals surface area (Å²) >= 11 is 0. The van der Waals surface area contributed by atoms with Crippen LogP contribution in [0.2, 0.25) is 0 Å². The van der Waals surface area contributed by atoms with Gasteiger partial charge < -0.3 is 14.5 Å². The Labute approximate surface area is 136 Å². The van der Waals surface area contributed by atoms with Crippen molar-refractivity contribution in [1.82, 2.24) is 5.32 Å². The van der Waals surface area contributed by atoms with E-state index in [9.17, 15) is 8.42 Å². The predicted molar refractivity (Wildman–Crippen MR) is 90.6 cm³/mol. The van der Waals surface area contributed by atoms with Crippen molar-refractivity contribution >= 4 is 20.8 Å². The molecule has 1 aromatic carbocycles. The second kappa shape index (κ2) is 6.53. The van der Waals surface area contributed by atoms with Gasteiger partial charge in [-0.2, -0.15) is 0 Å². The first-order chi connectivity index (χ1) is 11.0. The maximum absolute atomic E-state index is 11.5. The molecule has 2 heterocycles. The number of methoxy groups -OCH3 is 1. The highest BCUT2D eigenvalue weighted by atomic mass is 32.2. The Morgan fingerprint density at radius 2 is 2.09 bits per heavy atom. The standard InChI is InChI=1S/C17H23NO4S/c1-12(18-11-13-6-8-23(19,20)9-7-13)16-10-14-4-3-5-15(21-2)17(14)22-16/h3-5,10,12-13,18H,6-9,11H2,1-2H3. The third kappa shape index (κ3) is 3.70. The summed E-state index contributed by atoms with van der Waals surface area (Å²) in [4.78, 5) is 0. The molecule has 1 aliphatic heterocycles. The Morgan fingerprint density at radius 1 is 1.35 bits per heavy atom. The van der Waals surface area contributed by atoms with Crippen molar-refractivity contribution in [3.63, 3.8) is 0 Å². The number of sulfone groups is 1. The van der Waals surface area contributed by atoms with E-state index in [4.69, 9.17) is 9.15 Å². The van der Waals surface area contributed by atoms with Crippen LogP contribution in [0.4, 0.5) is 0 Å². The van der Waals surface area contributed by atoms with E-state index >= 15 is 0 Å². The van der Waals surface area contributed by atoms with Gasteiger partial charge in [-0.1, -0.05) is 12.1 Å². The van der Waals surface area contributed by atoms with E-state index in [0.717, 1.165) is 41.9 Å². The van der Waals surface area contributed by atoms with Crippen LogP contribution in [0, 0.1) is 5.92 Å². The van der Waals surface area contributed by atoms with Crippen molar-refractivity contribution in [3.8, 4) is 5.75 Å². The zero-order chi connectivity index (χ0) is 16.4. The molecule has 0 amide bonds. The van der Waals surface area contributed by atoms with Crippen LogP contribution in [0.3, 0.4) is 0 Å². The number of nitrogens with one attached hydrogen (secondary N) is 1. The average molecular weight is 337 g/mol. The minimum absolute atomic E-state index is 0.0747. The minimum Gasteiger partial charge on any atom is -0.493 e. The Kier molecular flexibility index (Phi) is 4.64. The maximum Gasteiger partial charge on any atom is 0.176 e. The van der Waals surface area contributed by atoms with Gasteiger partial charge in [-0.25, -0.2) is 8.42 Å². The van der Waals surface area contributed by atoms with Crippen molar-refractivity contribution in [2.24, 2.45) is 5.92 Å². The molecular weight excluding hydrogens is 314 g/mol. The molecule has 1 saturated heterocycles. The van der Waals surface area contributed by atoms with Gasteiger partial charge in [0, 0.05) is 5.39 Å². The Bertz CT molecular complexity index is 767. The SMILES string of the molecule is COc1cccc2cc(C(C)NCC3CCS(=O)(=O)CC3)oc12. The molecule has 1 aliphatic rings. The van der Waals surface area contributed by atoms with Crippen LogP contribution in [-0.2, 0) is 9.84 Å². The lowest BCUT2D eigenvalue weighted by Gasteiger charge is -2.23. The molecule has 1 atom stereocenters. The Morgan fingerprint density at radius 3 is 2.78 bits per heavy atom. The molecule has 0 radical (unpaired) electrons. The van der Waals surface area contributed by atoms with Gasteiger partial charge in [0.05, 0.1) is 24.7 Å². The third-order valence-electron chi connectivity index (χ3n) is 4.56. The summed E-state index contributed by atoms with van der Waals surface area (Å²) in [6.45, 7) is 2.87. The highest BCUT2D eigenvalue weighted by molar-refractivity contribution is 7.91. The quantitative estimate of drug-likeness (QED) is 0.908. The fraction of sp³-hybridized carbons (Fsp3) is 0.529. The number of hydrogen-bond donors (Lipinski definition) is 1. The first-order valence-electron chi connectivity index (χ1n) is 7.99. The molecule has 0 spiro atoms. The summed E-state index contributed by atoms with van der Waals surface area (Å²) in [5.74, 6) is 2.65. The fourth-order valence-corrected chi connectivity index (χ4v) is 4.61. The summed E-state index contributed by atoms with van der Waals surface area (Å²) < 4.78 is 34.2. The molecule has 1 unspecified atom stereocenters. The van der Waals surface area contributed by atoms with Gasteiger partial charge in [-0.3, -0.25) is 0 Å². The number of rotatable bonds is 5.